The predicted molar refractivity (Wildman–Crippen MR) is 82.3 cm³/mol. The highest BCUT2D eigenvalue weighted by Gasteiger charge is 2.23. The molecular formula is C14H12BrNO4S. The minimum Gasteiger partial charge on any atom is -0.454 e. The number of rotatable bonds is 3. The van der Waals surface area contributed by atoms with Crippen molar-refractivity contribution in [3.8, 4) is 11.5 Å². The van der Waals surface area contributed by atoms with Crippen LogP contribution in [0.3, 0.4) is 0 Å². The van der Waals surface area contributed by atoms with Crippen molar-refractivity contribution in [2.45, 2.75) is 4.90 Å². The molecule has 0 N–H and O–H groups in total. The van der Waals surface area contributed by atoms with Gasteiger partial charge in [0.1, 0.15) is 0 Å². The summed E-state index contributed by atoms with van der Waals surface area (Å²) in [6, 6.07) is 11.6. The first kappa shape index (κ1) is 14.2. The molecule has 5 nitrogen and oxygen atoms in total. The Balaban J connectivity index is 1.99. The van der Waals surface area contributed by atoms with Crippen LogP contribution in [0.15, 0.2) is 51.8 Å². The molecule has 1 aliphatic rings. The van der Waals surface area contributed by atoms with Crippen LogP contribution >= 0.6 is 15.9 Å². The van der Waals surface area contributed by atoms with Gasteiger partial charge in [-0.15, -0.1) is 0 Å². The molecule has 0 saturated carbocycles. The van der Waals surface area contributed by atoms with Gasteiger partial charge < -0.3 is 9.47 Å². The van der Waals surface area contributed by atoms with Crippen LogP contribution in [0.25, 0.3) is 0 Å². The summed E-state index contributed by atoms with van der Waals surface area (Å²) in [4.78, 5) is 0.219. The van der Waals surface area contributed by atoms with E-state index in [1.165, 1.54) is 11.4 Å². The van der Waals surface area contributed by atoms with E-state index < -0.39 is 10.0 Å². The summed E-state index contributed by atoms with van der Waals surface area (Å²) >= 11 is 3.28. The third kappa shape index (κ3) is 2.58. The molecule has 1 heterocycles. The molecule has 0 amide bonds. The van der Waals surface area contributed by atoms with Gasteiger partial charge in [-0.1, -0.05) is 22.0 Å². The molecular weight excluding hydrogens is 358 g/mol. The standard InChI is InChI=1S/C14H12BrNO4S/c1-16(11-5-6-13-14(8-11)20-9-19-13)21(17,18)12-4-2-3-10(15)7-12/h2-8H,9H2,1H3. The lowest BCUT2D eigenvalue weighted by Crippen LogP contribution is -2.26. The summed E-state index contributed by atoms with van der Waals surface area (Å²) in [5, 5.41) is 0. The highest BCUT2D eigenvalue weighted by Crippen LogP contribution is 2.36. The van der Waals surface area contributed by atoms with Crippen LogP contribution in [0.5, 0.6) is 11.5 Å². The van der Waals surface area contributed by atoms with Crippen molar-refractivity contribution in [2.75, 3.05) is 18.1 Å². The van der Waals surface area contributed by atoms with E-state index >= 15 is 0 Å². The fourth-order valence-corrected chi connectivity index (χ4v) is 3.79. The number of sulfonamides is 1. The van der Waals surface area contributed by atoms with Crippen LogP contribution in [-0.2, 0) is 10.0 Å². The number of nitrogens with zero attached hydrogens (tertiary/aromatic N) is 1. The predicted octanol–water partition coefficient (Wildman–Crippen LogP) is 3.00. The first-order chi connectivity index (χ1) is 9.98. The number of anilines is 1. The maximum absolute atomic E-state index is 12.6. The van der Waals surface area contributed by atoms with Gasteiger partial charge in [0, 0.05) is 17.6 Å². The molecule has 0 radical (unpaired) electrons. The van der Waals surface area contributed by atoms with Crippen LogP contribution in [0, 0.1) is 0 Å². The molecule has 0 saturated heterocycles. The lowest BCUT2D eigenvalue weighted by molar-refractivity contribution is 0.174. The third-order valence-electron chi connectivity index (χ3n) is 3.17. The van der Waals surface area contributed by atoms with Gasteiger partial charge in [-0.25, -0.2) is 8.42 Å². The molecule has 0 unspecified atom stereocenters. The highest BCUT2D eigenvalue weighted by molar-refractivity contribution is 9.10. The van der Waals surface area contributed by atoms with Gasteiger partial charge in [0.15, 0.2) is 11.5 Å². The molecule has 0 fully saturated rings. The van der Waals surface area contributed by atoms with Gasteiger partial charge in [-0.3, -0.25) is 4.31 Å². The van der Waals surface area contributed by atoms with Gasteiger partial charge in [0.2, 0.25) is 6.79 Å². The molecule has 0 atom stereocenters. The van der Waals surface area contributed by atoms with Gasteiger partial charge >= 0.3 is 0 Å². The Morgan fingerprint density at radius 2 is 1.86 bits per heavy atom. The van der Waals surface area contributed by atoms with E-state index in [1.807, 2.05) is 0 Å². The van der Waals surface area contributed by atoms with Crippen LogP contribution in [0.1, 0.15) is 0 Å². The second-order valence-corrected chi connectivity index (χ2v) is 7.35. The summed E-state index contributed by atoms with van der Waals surface area (Å²) in [5.74, 6) is 1.16. The summed E-state index contributed by atoms with van der Waals surface area (Å²) in [5.41, 5.74) is 0.513. The Morgan fingerprint density at radius 1 is 1.10 bits per heavy atom. The normalized spacial score (nSPS) is 13.2. The van der Waals surface area contributed by atoms with Crippen LogP contribution in [0.4, 0.5) is 5.69 Å². The molecule has 0 bridgehead atoms. The third-order valence-corrected chi connectivity index (χ3v) is 5.45. The van der Waals surface area contributed by atoms with E-state index in [2.05, 4.69) is 15.9 Å². The first-order valence-electron chi connectivity index (χ1n) is 6.12. The molecule has 1 aliphatic heterocycles. The van der Waals surface area contributed by atoms with Crippen molar-refractivity contribution in [1.29, 1.82) is 0 Å². The molecule has 3 rings (SSSR count). The van der Waals surface area contributed by atoms with Crippen molar-refractivity contribution < 1.29 is 17.9 Å². The monoisotopic (exact) mass is 369 g/mol. The number of halogens is 1. The van der Waals surface area contributed by atoms with E-state index in [9.17, 15) is 8.42 Å². The number of hydrogen-bond donors (Lipinski definition) is 0. The number of hydrogen-bond acceptors (Lipinski definition) is 4. The largest absolute Gasteiger partial charge is 0.454 e. The van der Waals surface area contributed by atoms with Crippen LogP contribution < -0.4 is 13.8 Å². The Bertz CT molecular complexity index is 791. The molecule has 7 heteroatoms. The minimum absolute atomic E-state index is 0.154. The maximum atomic E-state index is 12.6. The van der Waals surface area contributed by atoms with E-state index in [-0.39, 0.29) is 11.7 Å². The van der Waals surface area contributed by atoms with Crippen LogP contribution in [0.2, 0.25) is 0 Å². The zero-order chi connectivity index (χ0) is 15.0. The summed E-state index contributed by atoms with van der Waals surface area (Å²) in [6.45, 7) is 0.154. The lowest BCUT2D eigenvalue weighted by atomic mass is 10.3. The Labute approximate surface area is 131 Å². The zero-order valence-electron chi connectivity index (χ0n) is 11.1. The maximum Gasteiger partial charge on any atom is 0.264 e. The van der Waals surface area contributed by atoms with Gasteiger partial charge in [-0.2, -0.15) is 0 Å². The van der Waals surface area contributed by atoms with Crippen LogP contribution in [-0.4, -0.2) is 22.3 Å². The minimum atomic E-state index is -3.62. The lowest BCUT2D eigenvalue weighted by Gasteiger charge is -2.20. The highest BCUT2D eigenvalue weighted by atomic mass is 79.9. The molecule has 21 heavy (non-hydrogen) atoms. The van der Waals surface area contributed by atoms with E-state index in [1.54, 1.807) is 42.5 Å². The average Bonchev–Trinajstić information content (AvgIpc) is 2.93. The van der Waals surface area contributed by atoms with E-state index in [0.717, 1.165) is 0 Å². The van der Waals surface area contributed by atoms with Gasteiger partial charge in [-0.05, 0) is 30.3 Å². The number of fused-ring (bicyclic) bond motifs is 1. The Kier molecular flexibility index (Phi) is 3.54. The fraction of sp³-hybridized carbons (Fsp3) is 0.143. The molecule has 0 aromatic heterocycles. The molecule has 0 spiro atoms. The average molecular weight is 370 g/mol. The van der Waals surface area contributed by atoms with Crippen molar-refractivity contribution >= 4 is 31.6 Å². The van der Waals surface area contributed by atoms with Crippen molar-refractivity contribution in [3.63, 3.8) is 0 Å². The Hall–Kier alpha value is -1.73. The number of benzene rings is 2. The topological polar surface area (TPSA) is 55.8 Å². The van der Waals surface area contributed by atoms with Gasteiger partial charge in [0.25, 0.3) is 10.0 Å². The fourth-order valence-electron chi connectivity index (χ4n) is 2.01. The van der Waals surface area contributed by atoms with Crippen molar-refractivity contribution in [2.24, 2.45) is 0 Å². The summed E-state index contributed by atoms with van der Waals surface area (Å²) < 4.78 is 37.7. The molecule has 2 aromatic carbocycles. The number of ether oxygens (including phenoxy) is 2. The van der Waals surface area contributed by atoms with E-state index in [0.29, 0.717) is 21.7 Å². The second-order valence-electron chi connectivity index (χ2n) is 4.47. The molecule has 0 aliphatic carbocycles. The molecule has 2 aromatic rings. The summed E-state index contributed by atoms with van der Waals surface area (Å²) in [7, 11) is -2.12. The smallest absolute Gasteiger partial charge is 0.264 e. The molecule has 110 valence electrons. The van der Waals surface area contributed by atoms with E-state index in [4.69, 9.17) is 9.47 Å². The van der Waals surface area contributed by atoms with Crippen molar-refractivity contribution in [1.82, 2.24) is 0 Å². The Morgan fingerprint density at radius 3 is 2.62 bits per heavy atom. The van der Waals surface area contributed by atoms with Gasteiger partial charge in [0.05, 0.1) is 10.6 Å². The summed E-state index contributed by atoms with van der Waals surface area (Å²) in [6.07, 6.45) is 0. The first-order valence-corrected chi connectivity index (χ1v) is 8.36. The zero-order valence-corrected chi connectivity index (χ0v) is 13.5. The SMILES string of the molecule is CN(c1ccc2c(c1)OCO2)S(=O)(=O)c1cccc(Br)c1. The second kappa shape index (κ2) is 5.23. The van der Waals surface area contributed by atoms with Crippen molar-refractivity contribution in [3.05, 3.63) is 46.9 Å². The quantitative estimate of drug-likeness (QED) is 0.834.